The Bertz CT molecular complexity index is 765. The Kier molecular flexibility index (Phi) is 4.22. The van der Waals surface area contributed by atoms with E-state index in [2.05, 4.69) is 0 Å². The van der Waals surface area contributed by atoms with Gasteiger partial charge in [-0.25, -0.2) is 0 Å². The van der Waals surface area contributed by atoms with Gasteiger partial charge in [0, 0.05) is 17.4 Å². The van der Waals surface area contributed by atoms with Crippen molar-refractivity contribution in [2.24, 2.45) is 0 Å². The Morgan fingerprint density at radius 1 is 1.00 bits per heavy atom. The third-order valence-electron chi connectivity index (χ3n) is 2.78. The van der Waals surface area contributed by atoms with Crippen molar-refractivity contribution in [1.82, 2.24) is 9.13 Å². The second-order valence-electron chi connectivity index (χ2n) is 4.37. The molecule has 0 aliphatic carbocycles. The molecule has 0 radical (unpaired) electrons. The zero-order valence-corrected chi connectivity index (χ0v) is 11.4. The van der Waals surface area contributed by atoms with E-state index in [-0.39, 0.29) is 6.54 Å². The molecule has 0 saturated carbocycles. The van der Waals surface area contributed by atoms with Crippen LogP contribution in [0.15, 0.2) is 46.2 Å². The van der Waals surface area contributed by atoms with E-state index in [4.69, 9.17) is 11.6 Å². The fourth-order valence-electron chi connectivity index (χ4n) is 1.79. The van der Waals surface area contributed by atoms with Crippen LogP contribution in [0, 0.1) is 0 Å². The molecular weight excluding hydrogens is 309 g/mol. The van der Waals surface area contributed by atoms with E-state index in [9.17, 15) is 22.8 Å². The Labute approximate surface area is 122 Å². The molecular formula is C13H10ClF3N2O2. The summed E-state index contributed by atoms with van der Waals surface area (Å²) >= 11 is 5.94. The van der Waals surface area contributed by atoms with Crippen molar-refractivity contribution in [1.29, 1.82) is 0 Å². The monoisotopic (exact) mass is 318 g/mol. The van der Waals surface area contributed by atoms with Crippen LogP contribution < -0.4 is 11.1 Å². The van der Waals surface area contributed by atoms with Crippen molar-refractivity contribution in [3.63, 3.8) is 0 Å². The van der Waals surface area contributed by atoms with E-state index in [1.807, 2.05) is 0 Å². The zero-order valence-electron chi connectivity index (χ0n) is 10.6. The number of hydrogen-bond donors (Lipinski definition) is 0. The van der Waals surface area contributed by atoms with Gasteiger partial charge in [0.25, 0.3) is 0 Å². The van der Waals surface area contributed by atoms with Crippen LogP contribution in [-0.2, 0) is 13.1 Å². The van der Waals surface area contributed by atoms with Crippen LogP contribution in [0.1, 0.15) is 5.56 Å². The van der Waals surface area contributed by atoms with Gasteiger partial charge in [0.2, 0.25) is 0 Å². The van der Waals surface area contributed by atoms with Crippen LogP contribution in [0.25, 0.3) is 0 Å². The summed E-state index contributed by atoms with van der Waals surface area (Å²) in [6, 6.07) is 6.69. The number of nitrogens with zero attached hydrogens (tertiary/aromatic N) is 2. The summed E-state index contributed by atoms with van der Waals surface area (Å²) in [5.41, 5.74) is -1.65. The molecule has 21 heavy (non-hydrogen) atoms. The number of benzene rings is 1. The summed E-state index contributed by atoms with van der Waals surface area (Å²) in [6.45, 7) is -1.48. The molecule has 0 spiro atoms. The molecule has 0 saturated heterocycles. The van der Waals surface area contributed by atoms with Crippen molar-refractivity contribution < 1.29 is 13.2 Å². The average Bonchev–Trinajstić information content (AvgIpc) is 2.39. The maximum atomic E-state index is 12.3. The number of alkyl halides is 3. The topological polar surface area (TPSA) is 44.0 Å². The highest BCUT2D eigenvalue weighted by molar-refractivity contribution is 6.31. The first kappa shape index (κ1) is 15.4. The van der Waals surface area contributed by atoms with Crippen LogP contribution in [0.5, 0.6) is 0 Å². The molecule has 1 aromatic carbocycles. The largest absolute Gasteiger partial charge is 0.406 e. The molecule has 2 aromatic rings. The lowest BCUT2D eigenvalue weighted by Gasteiger charge is -2.11. The van der Waals surface area contributed by atoms with E-state index in [0.717, 1.165) is 17.0 Å². The number of aromatic nitrogens is 2. The van der Waals surface area contributed by atoms with Crippen LogP contribution >= 0.6 is 11.6 Å². The van der Waals surface area contributed by atoms with E-state index in [1.165, 1.54) is 0 Å². The molecule has 0 N–H and O–H groups in total. The SMILES string of the molecule is O=c1c(=O)n(CC(F)(F)F)ccn1Cc1ccccc1Cl. The number of hydrogen-bond acceptors (Lipinski definition) is 2. The van der Waals surface area contributed by atoms with Crippen LogP contribution in [-0.4, -0.2) is 15.3 Å². The van der Waals surface area contributed by atoms with Gasteiger partial charge in [-0.1, -0.05) is 29.8 Å². The third kappa shape index (κ3) is 3.75. The zero-order chi connectivity index (χ0) is 15.6. The van der Waals surface area contributed by atoms with E-state index in [0.29, 0.717) is 15.2 Å². The first-order valence-corrected chi connectivity index (χ1v) is 6.26. The molecule has 1 aromatic heterocycles. The highest BCUT2D eigenvalue weighted by Gasteiger charge is 2.28. The summed E-state index contributed by atoms with van der Waals surface area (Å²) in [5, 5.41) is 0.406. The lowest BCUT2D eigenvalue weighted by molar-refractivity contribution is -0.141. The van der Waals surface area contributed by atoms with Crippen molar-refractivity contribution in [2.45, 2.75) is 19.3 Å². The molecule has 0 aliphatic heterocycles. The lowest BCUT2D eigenvalue weighted by Crippen LogP contribution is -2.42. The second-order valence-corrected chi connectivity index (χ2v) is 4.78. The van der Waals surface area contributed by atoms with Gasteiger partial charge in [0.05, 0.1) is 6.54 Å². The Hall–Kier alpha value is -2.02. The smallest absolute Gasteiger partial charge is 0.305 e. The van der Waals surface area contributed by atoms with E-state index < -0.39 is 23.8 Å². The molecule has 1 heterocycles. The van der Waals surface area contributed by atoms with Gasteiger partial charge in [-0.3, -0.25) is 9.59 Å². The molecule has 0 unspecified atom stereocenters. The highest BCUT2D eigenvalue weighted by atomic mass is 35.5. The van der Waals surface area contributed by atoms with E-state index >= 15 is 0 Å². The lowest BCUT2D eigenvalue weighted by atomic mass is 10.2. The Balaban J connectivity index is 2.36. The molecule has 0 atom stereocenters. The summed E-state index contributed by atoms with van der Waals surface area (Å²) in [5.74, 6) is 0. The molecule has 0 amide bonds. The normalized spacial score (nSPS) is 11.6. The summed E-state index contributed by atoms with van der Waals surface area (Å²) < 4.78 is 38.2. The summed E-state index contributed by atoms with van der Waals surface area (Å²) in [7, 11) is 0. The molecule has 0 bridgehead atoms. The van der Waals surface area contributed by atoms with E-state index in [1.54, 1.807) is 24.3 Å². The van der Waals surface area contributed by atoms with Crippen molar-refractivity contribution in [3.05, 3.63) is 68.0 Å². The van der Waals surface area contributed by atoms with Crippen molar-refractivity contribution in [2.75, 3.05) is 0 Å². The van der Waals surface area contributed by atoms with Crippen LogP contribution in [0.3, 0.4) is 0 Å². The quantitative estimate of drug-likeness (QED) is 0.815. The van der Waals surface area contributed by atoms with Gasteiger partial charge >= 0.3 is 17.3 Å². The molecule has 2 rings (SSSR count). The summed E-state index contributed by atoms with van der Waals surface area (Å²) in [6.07, 6.45) is -2.49. The standard InChI is InChI=1S/C13H10ClF3N2O2/c14-10-4-2-1-3-9(10)7-18-5-6-19(8-13(15,16)17)12(21)11(18)20/h1-6H,7-8H2. The molecule has 4 nitrogen and oxygen atoms in total. The molecule has 8 heteroatoms. The van der Waals surface area contributed by atoms with Crippen molar-refractivity contribution >= 4 is 11.6 Å². The molecule has 0 fully saturated rings. The third-order valence-corrected chi connectivity index (χ3v) is 3.15. The minimum atomic E-state index is -4.56. The van der Waals surface area contributed by atoms with Crippen molar-refractivity contribution in [3.8, 4) is 0 Å². The highest BCUT2D eigenvalue weighted by Crippen LogP contribution is 2.16. The fourth-order valence-corrected chi connectivity index (χ4v) is 1.99. The van der Waals surface area contributed by atoms with Crippen LogP contribution in [0.2, 0.25) is 5.02 Å². The van der Waals surface area contributed by atoms with Gasteiger partial charge in [-0.05, 0) is 11.6 Å². The van der Waals surface area contributed by atoms with Gasteiger partial charge < -0.3 is 9.13 Å². The maximum absolute atomic E-state index is 12.3. The fraction of sp³-hybridized carbons (Fsp3) is 0.231. The minimum Gasteiger partial charge on any atom is -0.305 e. The number of rotatable bonds is 3. The second kappa shape index (κ2) is 5.77. The molecule has 0 aliphatic rings. The Morgan fingerprint density at radius 3 is 2.19 bits per heavy atom. The predicted octanol–water partition coefficient (Wildman–Crippen LogP) is 2.27. The van der Waals surface area contributed by atoms with Crippen LogP contribution in [0.4, 0.5) is 13.2 Å². The van der Waals surface area contributed by atoms with Gasteiger partial charge in [-0.2, -0.15) is 13.2 Å². The summed E-state index contributed by atoms with van der Waals surface area (Å²) in [4.78, 5) is 23.4. The molecule has 112 valence electrons. The first-order valence-electron chi connectivity index (χ1n) is 5.88. The minimum absolute atomic E-state index is 0.0145. The van der Waals surface area contributed by atoms with Gasteiger partial charge in [0.15, 0.2) is 0 Å². The maximum Gasteiger partial charge on any atom is 0.406 e. The van der Waals surface area contributed by atoms with Gasteiger partial charge in [-0.15, -0.1) is 0 Å². The Morgan fingerprint density at radius 2 is 1.57 bits per heavy atom. The number of halogens is 4. The average molecular weight is 319 g/mol. The predicted molar refractivity (Wildman–Crippen MR) is 71.6 cm³/mol. The van der Waals surface area contributed by atoms with Gasteiger partial charge in [0.1, 0.15) is 6.54 Å². The first-order chi connectivity index (χ1) is 9.78.